The molecular weight excluding hydrogens is 298 g/mol. The highest BCUT2D eigenvalue weighted by atomic mass is 16.5. The number of carbonyl (C=O) groups excluding carboxylic acids is 1. The van der Waals surface area contributed by atoms with Crippen LogP contribution in [-0.2, 0) is 4.74 Å². The lowest BCUT2D eigenvalue weighted by Crippen LogP contribution is -2.35. The summed E-state index contributed by atoms with van der Waals surface area (Å²) in [5.41, 5.74) is 1.11. The van der Waals surface area contributed by atoms with Crippen molar-refractivity contribution in [3.63, 3.8) is 0 Å². The Hall–Kier alpha value is -1.82. The van der Waals surface area contributed by atoms with Crippen molar-refractivity contribution in [1.82, 2.24) is 0 Å². The molecule has 0 heterocycles. The number of ether oxygens (including phenoxy) is 1. The molecule has 0 N–H and O–H groups in total. The minimum absolute atomic E-state index is 0.0668. The van der Waals surface area contributed by atoms with E-state index in [0.717, 1.165) is 30.6 Å². The van der Waals surface area contributed by atoms with Crippen LogP contribution in [0.4, 0.5) is 0 Å². The second-order valence-electron chi connectivity index (χ2n) is 7.52. The minimum atomic E-state index is -0.248. The van der Waals surface area contributed by atoms with E-state index in [2.05, 4.69) is 13.0 Å². The summed E-state index contributed by atoms with van der Waals surface area (Å²) in [6.07, 6.45) is 10.0. The molecule has 0 saturated heterocycles. The van der Waals surface area contributed by atoms with Crippen molar-refractivity contribution < 1.29 is 9.53 Å². The van der Waals surface area contributed by atoms with Crippen molar-refractivity contribution in [3.8, 4) is 6.07 Å². The Labute approximate surface area is 145 Å². The molecule has 0 aromatic heterocycles. The molecule has 0 bridgehead atoms. The fourth-order valence-electron chi connectivity index (χ4n) is 4.62. The van der Waals surface area contributed by atoms with Crippen molar-refractivity contribution >= 4 is 5.97 Å². The van der Waals surface area contributed by atoms with E-state index in [1.807, 2.05) is 0 Å². The Kier molecular flexibility index (Phi) is 5.56. The molecule has 0 spiro atoms. The molecule has 4 atom stereocenters. The zero-order chi connectivity index (χ0) is 16.9. The zero-order valence-corrected chi connectivity index (χ0v) is 14.5. The number of rotatable bonds is 4. The lowest BCUT2D eigenvalue weighted by atomic mass is 9.66. The summed E-state index contributed by atoms with van der Waals surface area (Å²) < 4.78 is 5.75. The van der Waals surface area contributed by atoms with E-state index in [4.69, 9.17) is 10.00 Å². The van der Waals surface area contributed by atoms with Crippen molar-refractivity contribution in [1.29, 1.82) is 5.26 Å². The largest absolute Gasteiger partial charge is 0.459 e. The molecule has 3 heteroatoms. The smallest absolute Gasteiger partial charge is 0.338 e. The standard InChI is InChI=1S/C21H27NO2/c1-2-3-15-4-9-19-13-20(11-10-18(19)12-15)24-21(23)17-7-5-16(14-22)6-8-17/h5-8,15,18-20H,2-4,9-13H2,1H3. The van der Waals surface area contributed by atoms with Gasteiger partial charge in [0.15, 0.2) is 0 Å². The number of carbonyl (C=O) groups is 1. The first kappa shape index (κ1) is 17.0. The Balaban J connectivity index is 1.52. The van der Waals surface area contributed by atoms with Crippen LogP contribution in [0.3, 0.4) is 0 Å². The molecular formula is C21H27NO2. The predicted octanol–water partition coefficient (Wildman–Crippen LogP) is 5.10. The summed E-state index contributed by atoms with van der Waals surface area (Å²) in [4.78, 5) is 12.3. The van der Waals surface area contributed by atoms with Gasteiger partial charge in [-0.3, -0.25) is 0 Å². The molecule has 2 fully saturated rings. The second-order valence-corrected chi connectivity index (χ2v) is 7.52. The quantitative estimate of drug-likeness (QED) is 0.724. The van der Waals surface area contributed by atoms with Crippen LogP contribution in [0.25, 0.3) is 0 Å². The highest BCUT2D eigenvalue weighted by Gasteiger charge is 2.36. The van der Waals surface area contributed by atoms with Crippen molar-refractivity contribution in [2.45, 2.75) is 64.4 Å². The third-order valence-corrected chi connectivity index (χ3v) is 5.89. The first-order valence-electron chi connectivity index (χ1n) is 9.40. The number of hydrogen-bond acceptors (Lipinski definition) is 3. The van der Waals surface area contributed by atoms with Crippen LogP contribution in [0.1, 0.15) is 74.2 Å². The van der Waals surface area contributed by atoms with E-state index in [1.54, 1.807) is 24.3 Å². The van der Waals surface area contributed by atoms with Gasteiger partial charge in [-0.2, -0.15) is 5.26 Å². The molecule has 24 heavy (non-hydrogen) atoms. The molecule has 2 saturated carbocycles. The topological polar surface area (TPSA) is 50.1 Å². The monoisotopic (exact) mass is 325 g/mol. The van der Waals surface area contributed by atoms with E-state index in [-0.39, 0.29) is 12.1 Å². The van der Waals surface area contributed by atoms with Crippen molar-refractivity contribution in [2.75, 3.05) is 0 Å². The number of nitriles is 1. The second kappa shape index (κ2) is 7.83. The van der Waals surface area contributed by atoms with E-state index >= 15 is 0 Å². The van der Waals surface area contributed by atoms with Crippen LogP contribution >= 0.6 is 0 Å². The highest BCUT2D eigenvalue weighted by Crippen LogP contribution is 2.44. The highest BCUT2D eigenvalue weighted by molar-refractivity contribution is 5.89. The summed E-state index contributed by atoms with van der Waals surface area (Å²) in [5, 5.41) is 8.82. The fourth-order valence-corrected chi connectivity index (χ4v) is 4.62. The van der Waals surface area contributed by atoms with Crippen molar-refractivity contribution in [2.24, 2.45) is 17.8 Å². The maximum atomic E-state index is 12.3. The molecule has 4 unspecified atom stereocenters. The van der Waals surface area contributed by atoms with E-state index in [0.29, 0.717) is 11.1 Å². The lowest BCUT2D eigenvalue weighted by molar-refractivity contribution is -0.00620. The average molecular weight is 325 g/mol. The molecule has 0 amide bonds. The van der Waals surface area contributed by atoms with Crippen molar-refractivity contribution in [3.05, 3.63) is 35.4 Å². The fraction of sp³-hybridized carbons (Fsp3) is 0.619. The van der Waals surface area contributed by atoms with E-state index in [9.17, 15) is 4.79 Å². The summed E-state index contributed by atoms with van der Waals surface area (Å²) in [6, 6.07) is 8.77. The average Bonchev–Trinajstić information content (AvgIpc) is 2.62. The molecule has 0 aliphatic heterocycles. The molecule has 0 radical (unpaired) electrons. The summed E-state index contributed by atoms with van der Waals surface area (Å²) in [6.45, 7) is 2.28. The number of nitrogens with zero attached hydrogens (tertiary/aromatic N) is 1. The molecule has 2 aliphatic rings. The Bertz CT molecular complexity index is 601. The third kappa shape index (κ3) is 3.98. The minimum Gasteiger partial charge on any atom is -0.459 e. The molecule has 128 valence electrons. The van der Waals surface area contributed by atoms with Gasteiger partial charge in [0, 0.05) is 0 Å². The summed E-state index contributed by atoms with van der Waals surface area (Å²) in [5.74, 6) is 2.27. The molecule has 3 nitrogen and oxygen atoms in total. The maximum absolute atomic E-state index is 12.3. The van der Waals surface area contributed by atoms with Gasteiger partial charge in [-0.1, -0.05) is 26.2 Å². The van der Waals surface area contributed by atoms with Gasteiger partial charge in [-0.25, -0.2) is 4.79 Å². The van der Waals surface area contributed by atoms with Gasteiger partial charge >= 0.3 is 5.97 Å². The van der Waals surface area contributed by atoms with E-state index < -0.39 is 0 Å². The Morgan fingerprint density at radius 2 is 1.83 bits per heavy atom. The zero-order valence-electron chi connectivity index (χ0n) is 14.5. The Morgan fingerprint density at radius 3 is 2.54 bits per heavy atom. The van der Waals surface area contributed by atoms with Crippen LogP contribution in [0.2, 0.25) is 0 Å². The predicted molar refractivity (Wildman–Crippen MR) is 93.4 cm³/mol. The number of benzene rings is 1. The van der Waals surface area contributed by atoms with Gasteiger partial charge < -0.3 is 4.74 Å². The molecule has 1 aromatic carbocycles. The third-order valence-electron chi connectivity index (χ3n) is 5.89. The molecule has 2 aliphatic carbocycles. The van der Waals surface area contributed by atoms with E-state index in [1.165, 1.54) is 38.5 Å². The number of esters is 1. The number of hydrogen-bond donors (Lipinski definition) is 0. The first-order chi connectivity index (χ1) is 11.7. The normalized spacial score (nSPS) is 29.3. The lowest BCUT2D eigenvalue weighted by Gasteiger charge is -2.41. The van der Waals surface area contributed by atoms with Gasteiger partial charge in [0.25, 0.3) is 0 Å². The van der Waals surface area contributed by atoms with Gasteiger partial charge in [0.1, 0.15) is 6.10 Å². The summed E-state index contributed by atoms with van der Waals surface area (Å²) in [7, 11) is 0. The van der Waals surface area contributed by atoms with Gasteiger partial charge in [-0.05, 0) is 74.1 Å². The van der Waals surface area contributed by atoms with Crippen LogP contribution in [0.15, 0.2) is 24.3 Å². The van der Waals surface area contributed by atoms with Gasteiger partial charge in [0.2, 0.25) is 0 Å². The molecule has 3 rings (SSSR count). The van der Waals surface area contributed by atoms with Crippen LogP contribution in [0, 0.1) is 29.1 Å². The summed E-state index contributed by atoms with van der Waals surface area (Å²) >= 11 is 0. The Morgan fingerprint density at radius 1 is 1.12 bits per heavy atom. The van der Waals surface area contributed by atoms with Gasteiger partial charge in [-0.15, -0.1) is 0 Å². The first-order valence-corrected chi connectivity index (χ1v) is 9.40. The van der Waals surface area contributed by atoms with Crippen LogP contribution < -0.4 is 0 Å². The SMILES string of the molecule is CCCC1CCC2CC(OC(=O)c3ccc(C#N)cc3)CCC2C1. The van der Waals surface area contributed by atoms with Crippen LogP contribution in [0.5, 0.6) is 0 Å². The van der Waals surface area contributed by atoms with Gasteiger partial charge in [0.05, 0.1) is 17.2 Å². The molecule has 1 aromatic rings. The maximum Gasteiger partial charge on any atom is 0.338 e. The number of fused-ring (bicyclic) bond motifs is 1. The van der Waals surface area contributed by atoms with Crippen LogP contribution in [-0.4, -0.2) is 12.1 Å².